The predicted octanol–water partition coefficient (Wildman–Crippen LogP) is 4.92. The molecule has 138 valence electrons. The number of Topliss-reactive ketones (excluding diaryl/α,β-unsaturated/α-hetero) is 1. The van der Waals surface area contributed by atoms with Gasteiger partial charge in [-0.25, -0.2) is 4.98 Å². The number of hydrogen-bond acceptors (Lipinski definition) is 4. The summed E-state index contributed by atoms with van der Waals surface area (Å²) < 4.78 is 5.73. The maximum atomic E-state index is 12.3. The summed E-state index contributed by atoms with van der Waals surface area (Å²) in [6.07, 6.45) is 2.60. The van der Waals surface area contributed by atoms with Gasteiger partial charge in [-0.2, -0.15) is 0 Å². The first-order valence-corrected chi connectivity index (χ1v) is 9.30. The first-order valence-electron chi connectivity index (χ1n) is 9.30. The topological polar surface area (TPSA) is 72.2 Å². The molecule has 3 aromatic rings. The molecular weight excluding hydrogens is 340 g/mol. The quantitative estimate of drug-likeness (QED) is 0.632. The number of oxazole rings is 1. The zero-order chi connectivity index (χ0) is 19.0. The number of aromatic nitrogens is 1. The van der Waals surface area contributed by atoms with E-state index in [-0.39, 0.29) is 24.5 Å². The molecule has 1 amide bonds. The maximum absolute atomic E-state index is 12.3. The number of rotatable bonds is 6. The number of benzene rings is 2. The van der Waals surface area contributed by atoms with Crippen molar-refractivity contribution in [1.82, 2.24) is 4.98 Å². The SMILES string of the molecule is Cc1ccc(C(=O)CCC(=O)Nc2ccc3oc(C4CC4)nc3c2)cc1C. The van der Waals surface area contributed by atoms with Gasteiger partial charge >= 0.3 is 0 Å². The van der Waals surface area contributed by atoms with Crippen LogP contribution >= 0.6 is 0 Å². The van der Waals surface area contributed by atoms with E-state index in [0.717, 1.165) is 41.0 Å². The lowest BCUT2D eigenvalue weighted by atomic mass is 10.0. The Kier molecular flexibility index (Phi) is 4.52. The fourth-order valence-corrected chi connectivity index (χ4v) is 3.04. The van der Waals surface area contributed by atoms with Crippen molar-refractivity contribution in [3.05, 3.63) is 59.0 Å². The monoisotopic (exact) mass is 362 g/mol. The molecule has 5 nitrogen and oxygen atoms in total. The second-order valence-electron chi connectivity index (χ2n) is 7.28. The number of nitrogens with zero attached hydrogens (tertiary/aromatic N) is 1. The minimum atomic E-state index is -0.183. The van der Waals surface area contributed by atoms with Crippen molar-refractivity contribution >= 4 is 28.5 Å². The van der Waals surface area contributed by atoms with E-state index >= 15 is 0 Å². The zero-order valence-corrected chi connectivity index (χ0v) is 15.5. The number of nitrogens with one attached hydrogen (secondary N) is 1. The Balaban J connectivity index is 1.36. The van der Waals surface area contributed by atoms with Crippen molar-refractivity contribution < 1.29 is 14.0 Å². The number of hydrogen-bond donors (Lipinski definition) is 1. The number of anilines is 1. The lowest BCUT2D eigenvalue weighted by molar-refractivity contribution is -0.116. The summed E-state index contributed by atoms with van der Waals surface area (Å²) in [6.45, 7) is 3.99. The number of fused-ring (bicyclic) bond motifs is 1. The van der Waals surface area contributed by atoms with Gasteiger partial charge in [0.05, 0.1) is 0 Å². The van der Waals surface area contributed by atoms with Crippen LogP contribution in [-0.2, 0) is 4.79 Å². The second-order valence-corrected chi connectivity index (χ2v) is 7.28. The molecule has 0 aliphatic heterocycles. The van der Waals surface area contributed by atoms with Crippen LogP contribution in [0.4, 0.5) is 5.69 Å². The molecule has 2 aromatic carbocycles. The van der Waals surface area contributed by atoms with Crippen molar-refractivity contribution in [1.29, 1.82) is 0 Å². The van der Waals surface area contributed by atoms with Gasteiger partial charge in [0.1, 0.15) is 5.52 Å². The van der Waals surface area contributed by atoms with E-state index in [1.54, 1.807) is 6.07 Å². The molecule has 0 radical (unpaired) electrons. The molecule has 27 heavy (non-hydrogen) atoms. The van der Waals surface area contributed by atoms with Gasteiger partial charge in [-0.1, -0.05) is 12.1 Å². The molecule has 1 aliphatic rings. The summed E-state index contributed by atoms with van der Waals surface area (Å²) in [4.78, 5) is 29.0. The highest BCUT2D eigenvalue weighted by molar-refractivity contribution is 6.00. The van der Waals surface area contributed by atoms with Crippen molar-refractivity contribution in [2.45, 2.75) is 45.4 Å². The summed E-state index contributed by atoms with van der Waals surface area (Å²) in [7, 11) is 0. The van der Waals surface area contributed by atoms with Crippen LogP contribution in [-0.4, -0.2) is 16.7 Å². The van der Waals surface area contributed by atoms with Crippen LogP contribution < -0.4 is 5.32 Å². The van der Waals surface area contributed by atoms with Crippen molar-refractivity contribution in [2.75, 3.05) is 5.32 Å². The van der Waals surface area contributed by atoms with E-state index in [9.17, 15) is 9.59 Å². The first kappa shape index (κ1) is 17.5. The van der Waals surface area contributed by atoms with Gasteiger partial charge < -0.3 is 9.73 Å². The molecule has 0 unspecified atom stereocenters. The summed E-state index contributed by atoms with van der Waals surface area (Å²) in [5.41, 5.74) is 5.04. The Hall–Kier alpha value is -2.95. The molecule has 4 rings (SSSR count). The molecule has 0 bridgehead atoms. The molecule has 1 N–H and O–H groups in total. The molecule has 0 saturated heterocycles. The van der Waals surface area contributed by atoms with E-state index in [1.165, 1.54) is 0 Å². The third-order valence-electron chi connectivity index (χ3n) is 5.02. The van der Waals surface area contributed by atoms with Gasteiger partial charge in [0.2, 0.25) is 5.91 Å². The van der Waals surface area contributed by atoms with Gasteiger partial charge in [-0.05, 0) is 62.1 Å². The van der Waals surface area contributed by atoms with E-state index in [2.05, 4.69) is 10.3 Å². The van der Waals surface area contributed by atoms with Gasteiger partial charge in [-0.15, -0.1) is 0 Å². The normalized spacial score (nSPS) is 13.7. The number of ketones is 1. The summed E-state index contributed by atoms with van der Waals surface area (Å²) in [6, 6.07) is 11.1. The van der Waals surface area contributed by atoms with Crippen molar-refractivity contribution in [3.8, 4) is 0 Å². The van der Waals surface area contributed by atoms with Gasteiger partial charge in [-0.3, -0.25) is 9.59 Å². The van der Waals surface area contributed by atoms with Crippen LogP contribution in [0.2, 0.25) is 0 Å². The first-order chi connectivity index (χ1) is 13.0. The lowest BCUT2D eigenvalue weighted by Crippen LogP contribution is -2.13. The average Bonchev–Trinajstić information content (AvgIpc) is 3.41. The van der Waals surface area contributed by atoms with Gasteiger partial charge in [0.25, 0.3) is 0 Å². The fourth-order valence-electron chi connectivity index (χ4n) is 3.04. The summed E-state index contributed by atoms with van der Waals surface area (Å²) >= 11 is 0. The third kappa shape index (κ3) is 3.92. The van der Waals surface area contributed by atoms with E-state index in [4.69, 9.17) is 4.42 Å². The molecule has 5 heteroatoms. The Morgan fingerprint density at radius 1 is 1.07 bits per heavy atom. The van der Waals surface area contributed by atoms with Crippen molar-refractivity contribution in [3.63, 3.8) is 0 Å². The Bertz CT molecular complexity index is 1030. The lowest BCUT2D eigenvalue weighted by Gasteiger charge is -2.06. The highest BCUT2D eigenvalue weighted by Gasteiger charge is 2.28. The molecular formula is C22H22N2O3. The Morgan fingerprint density at radius 3 is 2.63 bits per heavy atom. The van der Waals surface area contributed by atoms with Gasteiger partial charge in [0.15, 0.2) is 17.3 Å². The standard InChI is InChI=1S/C22H22N2O3/c1-13-3-4-16(11-14(13)2)19(25)8-10-21(26)23-17-7-9-20-18(12-17)24-22(27-20)15-5-6-15/h3-4,7,9,11-12,15H,5-6,8,10H2,1-2H3,(H,23,26). The molecule has 1 saturated carbocycles. The van der Waals surface area contributed by atoms with E-state index in [0.29, 0.717) is 17.2 Å². The van der Waals surface area contributed by atoms with Crippen molar-refractivity contribution in [2.24, 2.45) is 0 Å². The van der Waals surface area contributed by atoms with Gasteiger partial charge in [0, 0.05) is 30.0 Å². The highest BCUT2D eigenvalue weighted by Crippen LogP contribution is 2.40. The molecule has 1 aliphatic carbocycles. The van der Waals surface area contributed by atoms with E-state index in [1.807, 2.05) is 44.2 Å². The van der Waals surface area contributed by atoms with Crippen LogP contribution in [0.15, 0.2) is 40.8 Å². The second kappa shape index (κ2) is 6.99. The van der Waals surface area contributed by atoms with E-state index < -0.39 is 0 Å². The average molecular weight is 362 g/mol. The number of carbonyl (C=O) groups is 2. The maximum Gasteiger partial charge on any atom is 0.224 e. The Morgan fingerprint density at radius 2 is 1.89 bits per heavy atom. The van der Waals surface area contributed by atoms with Crippen LogP contribution in [0.3, 0.4) is 0 Å². The molecule has 0 spiro atoms. The zero-order valence-electron chi connectivity index (χ0n) is 15.5. The fraction of sp³-hybridized carbons (Fsp3) is 0.318. The van der Waals surface area contributed by atoms with Crippen LogP contribution in [0.5, 0.6) is 0 Å². The van der Waals surface area contributed by atoms with Crippen LogP contribution in [0.25, 0.3) is 11.1 Å². The third-order valence-corrected chi connectivity index (χ3v) is 5.02. The summed E-state index contributed by atoms with van der Waals surface area (Å²) in [5.74, 6) is 1.03. The largest absolute Gasteiger partial charge is 0.440 e. The number of amides is 1. The number of carbonyl (C=O) groups excluding carboxylic acids is 2. The predicted molar refractivity (Wildman–Crippen MR) is 104 cm³/mol. The molecule has 0 atom stereocenters. The van der Waals surface area contributed by atoms with Crippen LogP contribution in [0, 0.1) is 13.8 Å². The minimum absolute atomic E-state index is 0.0192. The Labute approximate surface area is 157 Å². The molecule has 1 heterocycles. The number of aryl methyl sites for hydroxylation is 2. The smallest absolute Gasteiger partial charge is 0.224 e. The molecule has 1 aromatic heterocycles. The minimum Gasteiger partial charge on any atom is -0.440 e. The summed E-state index contributed by atoms with van der Waals surface area (Å²) in [5, 5.41) is 2.84. The molecule has 1 fully saturated rings. The van der Waals surface area contributed by atoms with Crippen LogP contribution in [0.1, 0.15) is 59.0 Å². The highest BCUT2D eigenvalue weighted by atomic mass is 16.3.